The number of unbranched alkanes of at least 4 members (excludes halogenated alkanes) is 1. The number of hydrogen-bond acceptors (Lipinski definition) is 4. The molecule has 0 aromatic carbocycles. The molecule has 0 bridgehead atoms. The predicted octanol–water partition coefficient (Wildman–Crippen LogP) is 0.315. The van der Waals surface area contributed by atoms with Gasteiger partial charge in [-0.25, -0.2) is 0 Å². The summed E-state index contributed by atoms with van der Waals surface area (Å²) >= 11 is 0. The van der Waals surface area contributed by atoms with Crippen LogP contribution in [0.15, 0.2) is 0 Å². The Morgan fingerprint density at radius 3 is 2.80 bits per heavy atom. The van der Waals surface area contributed by atoms with Gasteiger partial charge in [0.2, 0.25) is 0 Å². The molecule has 0 aromatic rings. The second-order valence-corrected chi connectivity index (χ2v) is 3.95. The third-order valence-electron chi connectivity index (χ3n) is 2.22. The van der Waals surface area contributed by atoms with Crippen molar-refractivity contribution in [3.8, 4) is 0 Å². The van der Waals surface area contributed by atoms with Crippen LogP contribution in [0.25, 0.3) is 0 Å². The van der Waals surface area contributed by atoms with Gasteiger partial charge < -0.3 is 20.1 Å². The monoisotopic (exact) mass is 218 g/mol. The van der Waals surface area contributed by atoms with Crippen LogP contribution < -0.4 is 5.32 Å². The molecule has 0 amide bonds. The first kappa shape index (κ1) is 14.8. The summed E-state index contributed by atoms with van der Waals surface area (Å²) in [5.74, 6) is 0. The lowest BCUT2D eigenvalue weighted by molar-refractivity contribution is 0.0201. The Kier molecular flexibility index (Phi) is 10.3. The van der Waals surface area contributed by atoms with Gasteiger partial charge in [-0.2, -0.15) is 0 Å². The van der Waals surface area contributed by atoms with Crippen molar-refractivity contribution in [3.05, 3.63) is 0 Å². The number of rotatable bonds is 10. The van der Waals surface area contributed by atoms with Gasteiger partial charge in [0.15, 0.2) is 0 Å². The number of likely N-dealkylation sites (N-methyl/N-ethyl adjacent to an activating group) is 2. The highest BCUT2D eigenvalue weighted by Crippen LogP contribution is 1.93. The Bertz CT molecular complexity index is 134. The third-order valence-corrected chi connectivity index (χ3v) is 2.22. The average Bonchev–Trinajstić information content (AvgIpc) is 2.21. The van der Waals surface area contributed by atoms with Crippen LogP contribution >= 0.6 is 0 Å². The second-order valence-electron chi connectivity index (χ2n) is 3.95. The number of ether oxygens (including phenoxy) is 1. The van der Waals surface area contributed by atoms with E-state index in [4.69, 9.17) is 4.74 Å². The fraction of sp³-hybridized carbons (Fsp3) is 1.00. The molecule has 0 aliphatic carbocycles. The van der Waals surface area contributed by atoms with E-state index < -0.39 is 0 Å². The summed E-state index contributed by atoms with van der Waals surface area (Å²) in [6.07, 6.45) is 1.84. The van der Waals surface area contributed by atoms with Crippen molar-refractivity contribution in [2.75, 3.05) is 46.9 Å². The molecule has 0 aliphatic rings. The Morgan fingerprint density at radius 2 is 2.20 bits per heavy atom. The van der Waals surface area contributed by atoms with Gasteiger partial charge in [0.25, 0.3) is 0 Å². The van der Waals surface area contributed by atoms with Gasteiger partial charge in [0.1, 0.15) is 0 Å². The van der Waals surface area contributed by atoms with E-state index in [-0.39, 0.29) is 6.10 Å². The van der Waals surface area contributed by atoms with E-state index in [1.54, 1.807) is 0 Å². The van der Waals surface area contributed by atoms with E-state index in [9.17, 15) is 5.11 Å². The molecule has 4 heteroatoms. The number of nitrogens with zero attached hydrogens (tertiary/aromatic N) is 1. The number of aliphatic hydroxyl groups excluding tert-OH is 1. The van der Waals surface area contributed by atoms with Crippen LogP contribution in [-0.2, 0) is 4.74 Å². The molecule has 0 heterocycles. The van der Waals surface area contributed by atoms with Gasteiger partial charge >= 0.3 is 0 Å². The number of aliphatic hydroxyl groups is 1. The van der Waals surface area contributed by atoms with Crippen molar-refractivity contribution >= 4 is 0 Å². The van der Waals surface area contributed by atoms with Crippen LogP contribution in [0, 0.1) is 0 Å². The topological polar surface area (TPSA) is 44.7 Å². The molecule has 0 radical (unpaired) electrons. The minimum Gasteiger partial charge on any atom is -0.389 e. The highest BCUT2D eigenvalue weighted by Gasteiger charge is 2.07. The molecule has 92 valence electrons. The highest BCUT2D eigenvalue weighted by molar-refractivity contribution is 4.61. The normalized spacial score (nSPS) is 13.4. The van der Waals surface area contributed by atoms with Gasteiger partial charge in [-0.15, -0.1) is 0 Å². The minimum atomic E-state index is -0.372. The van der Waals surface area contributed by atoms with Crippen LogP contribution in [0.2, 0.25) is 0 Å². The summed E-state index contributed by atoms with van der Waals surface area (Å²) in [6.45, 7) is 5.90. The fourth-order valence-corrected chi connectivity index (χ4v) is 1.27. The van der Waals surface area contributed by atoms with Crippen LogP contribution in [0.1, 0.15) is 19.8 Å². The molecule has 0 aliphatic heterocycles. The van der Waals surface area contributed by atoms with E-state index in [2.05, 4.69) is 17.1 Å². The molecule has 0 fully saturated rings. The Balaban J connectivity index is 3.33. The van der Waals surface area contributed by atoms with E-state index in [0.29, 0.717) is 13.2 Å². The van der Waals surface area contributed by atoms with Crippen molar-refractivity contribution in [1.29, 1.82) is 0 Å². The van der Waals surface area contributed by atoms with E-state index in [1.165, 1.54) is 0 Å². The third kappa shape index (κ3) is 10.1. The zero-order valence-corrected chi connectivity index (χ0v) is 10.3. The Labute approximate surface area is 93.6 Å². The van der Waals surface area contributed by atoms with Gasteiger partial charge in [0.05, 0.1) is 12.7 Å². The summed E-state index contributed by atoms with van der Waals surface area (Å²) in [7, 11) is 3.94. The van der Waals surface area contributed by atoms with E-state index in [0.717, 1.165) is 32.5 Å². The second kappa shape index (κ2) is 10.4. The summed E-state index contributed by atoms with van der Waals surface area (Å²) in [4.78, 5) is 2.10. The quantitative estimate of drug-likeness (QED) is 0.518. The summed E-state index contributed by atoms with van der Waals surface area (Å²) < 4.78 is 5.35. The Morgan fingerprint density at radius 1 is 1.47 bits per heavy atom. The molecular formula is C11H26N2O2. The maximum atomic E-state index is 9.63. The van der Waals surface area contributed by atoms with Gasteiger partial charge in [0, 0.05) is 26.2 Å². The van der Waals surface area contributed by atoms with Crippen LogP contribution in [0.5, 0.6) is 0 Å². The number of hydrogen-bond donors (Lipinski definition) is 2. The lowest BCUT2D eigenvalue weighted by Gasteiger charge is -2.20. The molecule has 0 rings (SSSR count). The largest absolute Gasteiger partial charge is 0.389 e. The van der Waals surface area contributed by atoms with Crippen molar-refractivity contribution in [3.63, 3.8) is 0 Å². The molecule has 0 saturated carbocycles. The average molecular weight is 218 g/mol. The van der Waals surface area contributed by atoms with Crippen LogP contribution in [0.4, 0.5) is 0 Å². The smallest absolute Gasteiger partial charge is 0.0900 e. The summed E-state index contributed by atoms with van der Waals surface area (Å²) in [5, 5.41) is 12.7. The molecule has 0 spiro atoms. The molecule has 1 unspecified atom stereocenters. The van der Waals surface area contributed by atoms with Gasteiger partial charge in [-0.1, -0.05) is 13.3 Å². The maximum Gasteiger partial charge on any atom is 0.0900 e. The molecule has 0 aromatic heterocycles. The van der Waals surface area contributed by atoms with Crippen molar-refractivity contribution in [2.24, 2.45) is 0 Å². The molecule has 2 N–H and O–H groups in total. The molecular weight excluding hydrogens is 192 g/mol. The number of nitrogens with one attached hydrogen (secondary N) is 1. The zero-order chi connectivity index (χ0) is 11.5. The molecule has 0 saturated heterocycles. The van der Waals surface area contributed by atoms with Gasteiger partial charge in [-0.3, -0.25) is 0 Å². The lowest BCUT2D eigenvalue weighted by Crippen LogP contribution is -2.35. The zero-order valence-electron chi connectivity index (χ0n) is 10.3. The fourth-order valence-electron chi connectivity index (χ4n) is 1.27. The highest BCUT2D eigenvalue weighted by atomic mass is 16.5. The van der Waals surface area contributed by atoms with E-state index in [1.807, 2.05) is 14.1 Å². The van der Waals surface area contributed by atoms with Crippen molar-refractivity contribution in [2.45, 2.75) is 25.9 Å². The summed E-state index contributed by atoms with van der Waals surface area (Å²) in [5.41, 5.74) is 0. The van der Waals surface area contributed by atoms with Crippen LogP contribution in [-0.4, -0.2) is 63.1 Å². The standard InChI is InChI=1S/C11H26N2O2/c1-4-5-8-15-10-11(14)9-13(3)7-6-12-2/h11-12,14H,4-10H2,1-3H3. The first-order chi connectivity index (χ1) is 7.20. The van der Waals surface area contributed by atoms with Crippen molar-refractivity contribution in [1.82, 2.24) is 10.2 Å². The van der Waals surface area contributed by atoms with Gasteiger partial charge in [-0.05, 0) is 20.5 Å². The SMILES string of the molecule is CCCCOCC(O)CN(C)CCNC. The predicted molar refractivity (Wildman–Crippen MR) is 63.2 cm³/mol. The Hall–Kier alpha value is -0.160. The maximum absolute atomic E-state index is 9.63. The van der Waals surface area contributed by atoms with E-state index >= 15 is 0 Å². The molecule has 15 heavy (non-hydrogen) atoms. The van der Waals surface area contributed by atoms with Crippen molar-refractivity contribution < 1.29 is 9.84 Å². The molecule has 4 nitrogen and oxygen atoms in total. The minimum absolute atomic E-state index is 0.372. The first-order valence-corrected chi connectivity index (χ1v) is 5.79. The van der Waals surface area contributed by atoms with Crippen LogP contribution in [0.3, 0.4) is 0 Å². The molecule has 1 atom stereocenters. The first-order valence-electron chi connectivity index (χ1n) is 5.79. The summed E-state index contributed by atoms with van der Waals surface area (Å²) in [6, 6.07) is 0. The lowest BCUT2D eigenvalue weighted by atomic mass is 10.3.